The Morgan fingerprint density at radius 3 is 2.83 bits per heavy atom. The van der Waals surface area contributed by atoms with E-state index in [1.54, 1.807) is 0 Å². The van der Waals surface area contributed by atoms with Crippen LogP contribution < -0.4 is 5.32 Å². The molecule has 1 saturated heterocycles. The molecule has 1 aliphatic heterocycles. The number of hydrogen-bond donors (Lipinski definition) is 1. The maximum absolute atomic E-state index is 4.57. The van der Waals surface area contributed by atoms with Crippen molar-refractivity contribution in [2.75, 3.05) is 19.6 Å². The fraction of sp³-hybridized carbons (Fsp3) is 0.529. The van der Waals surface area contributed by atoms with Crippen molar-refractivity contribution in [3.8, 4) is 0 Å². The minimum atomic E-state index is 0. The first-order valence-corrected chi connectivity index (χ1v) is 8.77. The molecule has 1 fully saturated rings. The Bertz CT molecular complexity index is 596. The summed E-state index contributed by atoms with van der Waals surface area (Å²) < 4.78 is 0. The monoisotopic (exact) mass is 352 g/mol. The van der Waals surface area contributed by atoms with Gasteiger partial charge in [-0.1, -0.05) is 6.07 Å². The molecule has 0 aliphatic carbocycles. The SMILES string of the molecule is Cc1nc(C)c(CN(Cc2cccnc2)CC2CCNC2)s1.Cl. The number of hydrogen-bond acceptors (Lipinski definition) is 5. The van der Waals surface area contributed by atoms with Crippen LogP contribution in [0.4, 0.5) is 0 Å². The van der Waals surface area contributed by atoms with E-state index in [4.69, 9.17) is 0 Å². The molecule has 3 heterocycles. The zero-order valence-electron chi connectivity index (χ0n) is 13.8. The topological polar surface area (TPSA) is 41.1 Å². The summed E-state index contributed by atoms with van der Waals surface area (Å²) in [5, 5.41) is 4.64. The first-order chi connectivity index (χ1) is 10.7. The van der Waals surface area contributed by atoms with Gasteiger partial charge in [-0.3, -0.25) is 9.88 Å². The van der Waals surface area contributed by atoms with E-state index >= 15 is 0 Å². The second-order valence-electron chi connectivity index (χ2n) is 6.13. The predicted octanol–water partition coefficient (Wildman–Crippen LogP) is 3.19. The molecule has 3 rings (SSSR count). The number of thiazole rings is 1. The van der Waals surface area contributed by atoms with Crippen molar-refractivity contribution in [1.82, 2.24) is 20.2 Å². The summed E-state index contributed by atoms with van der Waals surface area (Å²) >= 11 is 1.83. The van der Waals surface area contributed by atoms with Crippen molar-refractivity contribution in [3.05, 3.63) is 45.7 Å². The highest BCUT2D eigenvalue weighted by atomic mass is 35.5. The fourth-order valence-corrected chi connectivity index (χ4v) is 4.07. The predicted molar refractivity (Wildman–Crippen MR) is 98.2 cm³/mol. The van der Waals surface area contributed by atoms with Crippen molar-refractivity contribution >= 4 is 23.7 Å². The van der Waals surface area contributed by atoms with Crippen LogP contribution in [0.5, 0.6) is 0 Å². The van der Waals surface area contributed by atoms with Crippen molar-refractivity contribution in [3.63, 3.8) is 0 Å². The largest absolute Gasteiger partial charge is 0.316 e. The second-order valence-corrected chi connectivity index (χ2v) is 7.42. The van der Waals surface area contributed by atoms with Crippen molar-refractivity contribution < 1.29 is 0 Å². The van der Waals surface area contributed by atoms with Gasteiger partial charge in [-0.2, -0.15) is 0 Å². The lowest BCUT2D eigenvalue weighted by atomic mass is 10.1. The van der Waals surface area contributed by atoms with Gasteiger partial charge in [0.25, 0.3) is 0 Å². The molecule has 126 valence electrons. The molecule has 0 saturated carbocycles. The Labute approximate surface area is 148 Å². The van der Waals surface area contributed by atoms with Crippen LogP contribution in [-0.2, 0) is 13.1 Å². The molecule has 4 nitrogen and oxygen atoms in total. The Balaban J connectivity index is 0.00000192. The molecule has 2 aromatic heterocycles. The second kappa shape index (κ2) is 8.73. The third-order valence-electron chi connectivity index (χ3n) is 4.17. The third-order valence-corrected chi connectivity index (χ3v) is 5.23. The van der Waals surface area contributed by atoms with Gasteiger partial charge in [0.2, 0.25) is 0 Å². The molecule has 0 amide bonds. The molecular formula is C17H25ClN4S. The number of nitrogens with zero attached hydrogens (tertiary/aromatic N) is 3. The van der Waals surface area contributed by atoms with Gasteiger partial charge in [-0.05, 0) is 50.9 Å². The summed E-state index contributed by atoms with van der Waals surface area (Å²) in [6, 6.07) is 4.18. The highest BCUT2D eigenvalue weighted by Crippen LogP contribution is 2.22. The van der Waals surface area contributed by atoms with E-state index < -0.39 is 0 Å². The molecule has 0 bridgehead atoms. The first kappa shape index (κ1) is 18.3. The Kier molecular flexibility index (Phi) is 6.96. The Morgan fingerprint density at radius 2 is 2.22 bits per heavy atom. The highest BCUT2D eigenvalue weighted by Gasteiger charge is 2.20. The van der Waals surface area contributed by atoms with Crippen LogP contribution in [0.2, 0.25) is 0 Å². The van der Waals surface area contributed by atoms with Crippen LogP contribution in [0.3, 0.4) is 0 Å². The van der Waals surface area contributed by atoms with Crippen LogP contribution in [-0.4, -0.2) is 34.5 Å². The summed E-state index contributed by atoms with van der Waals surface area (Å²) in [7, 11) is 0. The summed E-state index contributed by atoms with van der Waals surface area (Å²) in [6.45, 7) is 9.60. The van der Waals surface area contributed by atoms with E-state index in [1.165, 1.54) is 22.6 Å². The van der Waals surface area contributed by atoms with Gasteiger partial charge in [0, 0.05) is 36.9 Å². The summed E-state index contributed by atoms with van der Waals surface area (Å²) in [5.74, 6) is 0.756. The number of nitrogens with one attached hydrogen (secondary N) is 1. The number of pyridine rings is 1. The standard InChI is InChI=1S/C17H24N4S.ClH/c1-13-17(22-14(2)20-13)12-21(11-16-5-7-19-9-16)10-15-4-3-6-18-8-15;/h3-4,6,8,16,19H,5,7,9-12H2,1-2H3;1H. The minimum Gasteiger partial charge on any atom is -0.316 e. The molecule has 6 heteroatoms. The van der Waals surface area contributed by atoms with Gasteiger partial charge in [-0.25, -0.2) is 4.98 Å². The average Bonchev–Trinajstić information content (AvgIpc) is 3.10. The van der Waals surface area contributed by atoms with E-state index in [9.17, 15) is 0 Å². The molecule has 2 aromatic rings. The van der Waals surface area contributed by atoms with Gasteiger partial charge in [0.15, 0.2) is 0 Å². The molecule has 1 atom stereocenters. The number of aryl methyl sites for hydroxylation is 2. The van der Waals surface area contributed by atoms with Crippen LogP contribution in [0, 0.1) is 19.8 Å². The number of rotatable bonds is 6. The van der Waals surface area contributed by atoms with E-state index in [0.29, 0.717) is 0 Å². The van der Waals surface area contributed by atoms with E-state index in [2.05, 4.69) is 40.1 Å². The van der Waals surface area contributed by atoms with E-state index in [0.717, 1.165) is 43.6 Å². The lowest BCUT2D eigenvalue weighted by molar-refractivity contribution is 0.222. The van der Waals surface area contributed by atoms with Crippen LogP contribution >= 0.6 is 23.7 Å². The van der Waals surface area contributed by atoms with E-state index in [-0.39, 0.29) is 12.4 Å². The molecular weight excluding hydrogens is 328 g/mol. The average molecular weight is 353 g/mol. The normalized spacial score (nSPS) is 17.4. The molecule has 1 N–H and O–H groups in total. The Hall–Kier alpha value is -1.01. The maximum atomic E-state index is 4.57. The highest BCUT2D eigenvalue weighted by molar-refractivity contribution is 7.11. The summed E-state index contributed by atoms with van der Waals surface area (Å²) in [5.41, 5.74) is 2.47. The summed E-state index contributed by atoms with van der Waals surface area (Å²) in [4.78, 5) is 12.8. The van der Waals surface area contributed by atoms with Gasteiger partial charge in [0.1, 0.15) is 0 Å². The smallest absolute Gasteiger partial charge is 0.0900 e. The van der Waals surface area contributed by atoms with Crippen molar-refractivity contribution in [1.29, 1.82) is 0 Å². The van der Waals surface area contributed by atoms with Crippen LogP contribution in [0.1, 0.15) is 27.6 Å². The van der Waals surface area contributed by atoms with Crippen LogP contribution in [0.15, 0.2) is 24.5 Å². The quantitative estimate of drug-likeness (QED) is 0.866. The molecule has 0 spiro atoms. The lowest BCUT2D eigenvalue weighted by Crippen LogP contribution is -2.30. The number of aromatic nitrogens is 2. The lowest BCUT2D eigenvalue weighted by Gasteiger charge is -2.25. The molecule has 1 unspecified atom stereocenters. The number of halogens is 1. The van der Waals surface area contributed by atoms with E-state index in [1.807, 2.05) is 29.8 Å². The zero-order valence-corrected chi connectivity index (χ0v) is 15.4. The fourth-order valence-electron chi connectivity index (χ4n) is 3.09. The van der Waals surface area contributed by atoms with Gasteiger partial charge < -0.3 is 5.32 Å². The van der Waals surface area contributed by atoms with Crippen LogP contribution in [0.25, 0.3) is 0 Å². The van der Waals surface area contributed by atoms with Crippen molar-refractivity contribution in [2.24, 2.45) is 5.92 Å². The first-order valence-electron chi connectivity index (χ1n) is 7.95. The molecule has 0 radical (unpaired) electrons. The zero-order chi connectivity index (χ0) is 15.4. The Morgan fingerprint density at radius 1 is 1.35 bits per heavy atom. The van der Waals surface area contributed by atoms with Gasteiger partial charge in [0.05, 0.1) is 10.7 Å². The van der Waals surface area contributed by atoms with Gasteiger partial charge >= 0.3 is 0 Å². The molecule has 23 heavy (non-hydrogen) atoms. The molecule has 1 aliphatic rings. The van der Waals surface area contributed by atoms with Gasteiger partial charge in [-0.15, -0.1) is 23.7 Å². The van der Waals surface area contributed by atoms with Crippen molar-refractivity contribution in [2.45, 2.75) is 33.4 Å². The third kappa shape index (κ3) is 5.24. The molecule has 0 aromatic carbocycles. The maximum Gasteiger partial charge on any atom is 0.0900 e. The summed E-state index contributed by atoms with van der Waals surface area (Å²) in [6.07, 6.45) is 5.10. The minimum absolute atomic E-state index is 0.